The fraction of sp³-hybridized carbons (Fsp3) is 0.333. The van der Waals surface area contributed by atoms with Crippen molar-refractivity contribution < 1.29 is 22.3 Å². The molecule has 0 saturated carbocycles. The topological polar surface area (TPSA) is 63.5 Å². The number of non-ortho nitro benzene ring substituents is 1. The van der Waals surface area contributed by atoms with Crippen molar-refractivity contribution in [3.63, 3.8) is 0 Å². The Labute approximate surface area is 102 Å². The van der Waals surface area contributed by atoms with Crippen molar-refractivity contribution in [1.82, 2.24) is 4.31 Å². The van der Waals surface area contributed by atoms with E-state index in [9.17, 15) is 27.5 Å². The zero-order valence-corrected chi connectivity index (χ0v) is 10.3. The molecule has 1 unspecified atom stereocenters. The molecule has 0 saturated heterocycles. The smallest absolute Gasteiger partial charge is 0.258 e. The van der Waals surface area contributed by atoms with Crippen LogP contribution in [-0.4, -0.2) is 28.8 Å². The second-order valence-corrected chi connectivity index (χ2v) is 6.25. The van der Waals surface area contributed by atoms with Crippen LogP contribution < -0.4 is 0 Å². The molecule has 1 aromatic carbocycles. The van der Waals surface area contributed by atoms with Gasteiger partial charge in [-0.2, -0.15) is 0 Å². The molecule has 0 aliphatic heterocycles. The predicted molar refractivity (Wildman–Crippen MR) is 59.2 cm³/mol. The molecule has 1 rings (SSSR count). The highest BCUT2D eigenvalue weighted by Gasteiger charge is 2.62. The number of rotatable bonds is 3. The van der Waals surface area contributed by atoms with Gasteiger partial charge in [-0.3, -0.25) is 10.1 Å². The lowest BCUT2D eigenvalue weighted by Gasteiger charge is -2.18. The minimum absolute atomic E-state index is 0.360. The van der Waals surface area contributed by atoms with Crippen molar-refractivity contribution in [3.05, 3.63) is 34.4 Å². The third-order valence-electron chi connectivity index (χ3n) is 2.19. The van der Waals surface area contributed by atoms with Crippen molar-refractivity contribution in [2.24, 2.45) is 0 Å². The Bertz CT molecular complexity index is 499. The van der Waals surface area contributed by atoms with Gasteiger partial charge in [0.15, 0.2) is 4.90 Å². The molecule has 0 heterocycles. The fourth-order valence-corrected chi connectivity index (χ4v) is 2.91. The molecule has 0 spiro atoms. The molecule has 0 aliphatic carbocycles. The number of nitrogens with zero attached hydrogens (tertiary/aromatic N) is 2. The summed E-state index contributed by atoms with van der Waals surface area (Å²) in [5.41, 5.74) is -5.31. The van der Waals surface area contributed by atoms with E-state index in [0.29, 0.717) is 4.31 Å². The first-order valence-corrected chi connectivity index (χ1v) is 6.14. The van der Waals surface area contributed by atoms with Crippen molar-refractivity contribution in [1.29, 1.82) is 0 Å². The molecule has 100 valence electrons. The van der Waals surface area contributed by atoms with E-state index in [4.69, 9.17) is 0 Å². The summed E-state index contributed by atoms with van der Waals surface area (Å²) in [6.45, 7) is 0. The van der Waals surface area contributed by atoms with Crippen molar-refractivity contribution in [3.8, 4) is 0 Å². The van der Waals surface area contributed by atoms with Gasteiger partial charge in [-0.15, -0.1) is 17.5 Å². The normalized spacial score (nSPS) is 15.4. The van der Waals surface area contributed by atoms with E-state index in [2.05, 4.69) is 0 Å². The number of hydrogen-bond acceptors (Lipinski definition) is 3. The first-order chi connectivity index (χ1) is 8.10. The summed E-state index contributed by atoms with van der Waals surface area (Å²) in [6, 6.07) is 3.50. The van der Waals surface area contributed by atoms with Crippen LogP contribution in [0.15, 0.2) is 29.2 Å². The van der Waals surface area contributed by atoms with E-state index in [1.807, 2.05) is 0 Å². The third-order valence-corrected chi connectivity index (χ3v) is 4.76. The Hall–Kier alpha value is -1.48. The highest BCUT2D eigenvalue weighted by atomic mass is 32.3. The Balaban J connectivity index is 3.33. The molecule has 0 N–H and O–H groups in total. The molecule has 0 bridgehead atoms. The van der Waals surface area contributed by atoms with Gasteiger partial charge >= 0.3 is 5.51 Å². The van der Waals surface area contributed by atoms with E-state index < -0.39 is 25.4 Å². The number of nitro benzene ring substituents is 1. The van der Waals surface area contributed by atoms with Gasteiger partial charge in [0.1, 0.15) is 0 Å². The van der Waals surface area contributed by atoms with Crippen molar-refractivity contribution >= 4 is 15.8 Å². The molecule has 1 atom stereocenters. The molecule has 18 heavy (non-hydrogen) atoms. The van der Waals surface area contributed by atoms with E-state index in [1.165, 1.54) is 0 Å². The predicted octanol–water partition coefficient (Wildman–Crippen LogP) is 2.45. The highest BCUT2D eigenvalue weighted by Crippen LogP contribution is 2.39. The average molecular weight is 283 g/mol. The molecular weight excluding hydrogens is 273 g/mol. The zero-order valence-electron chi connectivity index (χ0n) is 9.47. The van der Waals surface area contributed by atoms with Crippen molar-refractivity contribution in [2.75, 3.05) is 14.1 Å². The maximum absolute atomic E-state index is 12.8. The molecule has 0 amide bonds. The Morgan fingerprint density at radius 3 is 1.94 bits per heavy atom. The molecule has 0 aromatic heterocycles. The maximum atomic E-state index is 12.8. The number of nitro groups is 1. The minimum atomic E-state index is -4.95. The van der Waals surface area contributed by atoms with E-state index in [-0.39, 0.29) is 5.69 Å². The number of hydrogen-bond donors (Lipinski definition) is 0. The van der Waals surface area contributed by atoms with Gasteiger partial charge in [-0.1, -0.05) is 4.21 Å². The van der Waals surface area contributed by atoms with Crippen LogP contribution in [0.4, 0.5) is 18.9 Å². The summed E-state index contributed by atoms with van der Waals surface area (Å²) in [7, 11) is -2.35. The first kappa shape index (κ1) is 14.6. The molecule has 0 fully saturated rings. The van der Waals surface area contributed by atoms with Crippen LogP contribution in [0.1, 0.15) is 0 Å². The SMILES string of the molecule is CN(C)[S+](=O)(c1ccc([N+](=O)[O-])cc1)C(F)(F)F. The average Bonchev–Trinajstić information content (AvgIpc) is 2.26. The van der Waals surface area contributed by atoms with Gasteiger partial charge in [-0.05, 0) is 0 Å². The molecule has 9 heteroatoms. The lowest BCUT2D eigenvalue weighted by atomic mass is 10.3. The first-order valence-electron chi connectivity index (χ1n) is 4.63. The number of benzene rings is 1. The van der Waals surface area contributed by atoms with Crippen molar-refractivity contribution in [2.45, 2.75) is 10.4 Å². The molecule has 1 aromatic rings. The highest BCUT2D eigenvalue weighted by molar-refractivity contribution is 8.01. The monoisotopic (exact) mass is 283 g/mol. The largest absolute Gasteiger partial charge is 0.601 e. The summed E-state index contributed by atoms with van der Waals surface area (Å²) >= 11 is 0. The second-order valence-electron chi connectivity index (χ2n) is 3.53. The third kappa shape index (κ3) is 2.36. The standard InChI is InChI=1S/C9H10F3N2O3S/c1-13(2)18(17,9(10,11)12)8-5-3-7(4-6-8)14(15)16/h3-6H,1-2H3/q+1. The summed E-state index contributed by atoms with van der Waals surface area (Å²) in [5, 5.41) is 10.4. The number of halogens is 3. The summed E-state index contributed by atoms with van der Waals surface area (Å²) in [6.07, 6.45) is 0. The lowest BCUT2D eigenvalue weighted by Crippen LogP contribution is -2.42. The fourth-order valence-electron chi connectivity index (χ4n) is 1.30. The van der Waals surface area contributed by atoms with Gasteiger partial charge in [0, 0.05) is 38.4 Å². The van der Waals surface area contributed by atoms with E-state index in [0.717, 1.165) is 38.4 Å². The van der Waals surface area contributed by atoms with Gasteiger partial charge in [0.2, 0.25) is 0 Å². The molecule has 0 aliphatic rings. The van der Waals surface area contributed by atoms with Crippen LogP contribution in [0.5, 0.6) is 0 Å². The summed E-state index contributed by atoms with van der Waals surface area (Å²) in [5.74, 6) is 0. The molecule has 5 nitrogen and oxygen atoms in total. The minimum Gasteiger partial charge on any atom is -0.258 e. The Morgan fingerprint density at radius 2 is 1.67 bits per heavy atom. The van der Waals surface area contributed by atoms with Crippen LogP contribution >= 0.6 is 0 Å². The summed E-state index contributed by atoms with van der Waals surface area (Å²) < 4.78 is 51.1. The molecule has 0 radical (unpaired) electrons. The van der Waals surface area contributed by atoms with Crippen LogP contribution in [0.3, 0.4) is 0 Å². The van der Waals surface area contributed by atoms with Crippen LogP contribution in [-0.2, 0) is 14.3 Å². The maximum Gasteiger partial charge on any atom is 0.601 e. The van der Waals surface area contributed by atoms with Gasteiger partial charge in [-0.25, -0.2) is 0 Å². The zero-order chi connectivity index (χ0) is 14.1. The van der Waals surface area contributed by atoms with Gasteiger partial charge in [0.05, 0.1) is 4.92 Å². The molecular formula is C9H10F3N2O3S+. The second kappa shape index (κ2) is 4.65. The number of alkyl halides is 3. The Kier molecular flexibility index (Phi) is 3.77. The lowest BCUT2D eigenvalue weighted by molar-refractivity contribution is -0.384. The summed E-state index contributed by atoms with van der Waals surface area (Å²) in [4.78, 5) is 9.14. The van der Waals surface area contributed by atoms with Crippen LogP contribution in [0.2, 0.25) is 0 Å². The van der Waals surface area contributed by atoms with Crippen LogP contribution in [0, 0.1) is 10.1 Å². The van der Waals surface area contributed by atoms with E-state index in [1.54, 1.807) is 0 Å². The quantitative estimate of drug-likeness (QED) is 0.486. The van der Waals surface area contributed by atoms with E-state index >= 15 is 0 Å². The van der Waals surface area contributed by atoms with Gasteiger partial charge in [0.25, 0.3) is 15.8 Å². The van der Waals surface area contributed by atoms with Gasteiger partial charge < -0.3 is 0 Å². The van der Waals surface area contributed by atoms with Crippen LogP contribution in [0.25, 0.3) is 0 Å². The Morgan fingerprint density at radius 1 is 1.22 bits per heavy atom.